The molecule has 1 aliphatic rings. The van der Waals surface area contributed by atoms with E-state index in [1.807, 2.05) is 0 Å². The lowest BCUT2D eigenvalue weighted by Gasteiger charge is -2.42. The van der Waals surface area contributed by atoms with Gasteiger partial charge in [0.25, 0.3) is 0 Å². The van der Waals surface area contributed by atoms with Gasteiger partial charge in [-0.3, -0.25) is 4.90 Å². The number of hydrogen-bond acceptors (Lipinski definition) is 2. The van der Waals surface area contributed by atoms with E-state index in [2.05, 4.69) is 32.6 Å². The summed E-state index contributed by atoms with van der Waals surface area (Å²) in [5.41, 5.74) is 0. The highest BCUT2D eigenvalue weighted by molar-refractivity contribution is 4.84. The fourth-order valence-corrected chi connectivity index (χ4v) is 2.56. The third-order valence-corrected chi connectivity index (χ3v) is 3.62. The molecule has 0 bridgehead atoms. The van der Waals surface area contributed by atoms with E-state index in [0.717, 1.165) is 18.4 Å². The molecule has 0 aromatic heterocycles. The molecule has 1 heterocycles. The quantitative estimate of drug-likeness (QED) is 0.752. The van der Waals surface area contributed by atoms with Gasteiger partial charge in [-0.1, -0.05) is 13.8 Å². The molecule has 1 rings (SSSR count). The van der Waals surface area contributed by atoms with Crippen LogP contribution in [0.1, 0.15) is 40.5 Å². The van der Waals surface area contributed by atoms with Gasteiger partial charge in [-0.2, -0.15) is 0 Å². The lowest BCUT2D eigenvalue weighted by molar-refractivity contribution is 0.0318. The van der Waals surface area contributed by atoms with Crippen LogP contribution in [0.3, 0.4) is 0 Å². The summed E-state index contributed by atoms with van der Waals surface area (Å²) < 4.78 is 0. The van der Waals surface area contributed by atoms with Gasteiger partial charge < -0.3 is 5.11 Å². The van der Waals surface area contributed by atoms with Gasteiger partial charge in [-0.25, -0.2) is 0 Å². The molecule has 1 unspecified atom stereocenters. The number of aliphatic hydroxyl groups is 1. The molecular formula is C12H25NO. The van der Waals surface area contributed by atoms with Crippen molar-refractivity contribution < 1.29 is 5.11 Å². The minimum atomic E-state index is 0.321. The SMILES string of the molecule is CC(C)C1CCN(C(C)C)[C@H](CO)C1. The normalized spacial score (nSPS) is 30.2. The smallest absolute Gasteiger partial charge is 0.0587 e. The van der Waals surface area contributed by atoms with Crippen LogP contribution in [-0.2, 0) is 0 Å². The van der Waals surface area contributed by atoms with E-state index in [1.165, 1.54) is 12.8 Å². The molecule has 1 fully saturated rings. The molecule has 14 heavy (non-hydrogen) atoms. The maximum atomic E-state index is 9.37. The van der Waals surface area contributed by atoms with E-state index in [-0.39, 0.29) is 0 Å². The molecule has 0 aromatic carbocycles. The van der Waals surface area contributed by atoms with Crippen molar-refractivity contribution in [1.82, 2.24) is 4.90 Å². The first-order valence-electron chi connectivity index (χ1n) is 5.92. The molecule has 2 nitrogen and oxygen atoms in total. The van der Waals surface area contributed by atoms with Crippen LogP contribution in [0, 0.1) is 11.8 Å². The topological polar surface area (TPSA) is 23.5 Å². The van der Waals surface area contributed by atoms with E-state index >= 15 is 0 Å². The fraction of sp³-hybridized carbons (Fsp3) is 1.00. The van der Waals surface area contributed by atoms with Gasteiger partial charge in [0.2, 0.25) is 0 Å². The van der Waals surface area contributed by atoms with Gasteiger partial charge in [0.15, 0.2) is 0 Å². The number of rotatable bonds is 3. The molecule has 1 N–H and O–H groups in total. The molecule has 0 spiro atoms. The summed E-state index contributed by atoms with van der Waals surface area (Å²) in [5, 5.41) is 9.37. The number of nitrogens with zero attached hydrogens (tertiary/aromatic N) is 1. The molecule has 2 atom stereocenters. The van der Waals surface area contributed by atoms with Crippen LogP contribution in [0.2, 0.25) is 0 Å². The summed E-state index contributed by atoms with van der Waals surface area (Å²) in [6, 6.07) is 0.969. The van der Waals surface area contributed by atoms with Gasteiger partial charge in [0, 0.05) is 12.1 Å². The minimum absolute atomic E-state index is 0.321. The van der Waals surface area contributed by atoms with Crippen LogP contribution < -0.4 is 0 Å². The van der Waals surface area contributed by atoms with Crippen molar-refractivity contribution in [2.24, 2.45) is 11.8 Å². The Kier molecular flexibility index (Phi) is 4.39. The predicted molar refractivity (Wildman–Crippen MR) is 60.3 cm³/mol. The summed E-state index contributed by atoms with van der Waals surface area (Å²) >= 11 is 0. The van der Waals surface area contributed by atoms with Gasteiger partial charge in [0.1, 0.15) is 0 Å². The number of hydrogen-bond donors (Lipinski definition) is 1. The van der Waals surface area contributed by atoms with E-state index in [9.17, 15) is 5.11 Å². The van der Waals surface area contributed by atoms with Crippen LogP contribution in [0.15, 0.2) is 0 Å². The summed E-state index contributed by atoms with van der Waals surface area (Å²) in [5.74, 6) is 1.57. The van der Waals surface area contributed by atoms with Gasteiger partial charge >= 0.3 is 0 Å². The largest absolute Gasteiger partial charge is 0.395 e. The van der Waals surface area contributed by atoms with Crippen molar-refractivity contribution >= 4 is 0 Å². The first kappa shape index (κ1) is 12.0. The molecule has 84 valence electrons. The zero-order valence-corrected chi connectivity index (χ0v) is 10.0. The molecule has 1 aliphatic heterocycles. The number of likely N-dealkylation sites (tertiary alicyclic amines) is 1. The molecule has 0 amide bonds. The van der Waals surface area contributed by atoms with E-state index in [4.69, 9.17) is 0 Å². The van der Waals surface area contributed by atoms with Crippen molar-refractivity contribution in [3.05, 3.63) is 0 Å². The minimum Gasteiger partial charge on any atom is -0.395 e. The monoisotopic (exact) mass is 199 g/mol. The second kappa shape index (κ2) is 5.13. The number of aliphatic hydroxyl groups excluding tert-OH is 1. The van der Waals surface area contributed by atoms with Gasteiger partial charge in [0.05, 0.1) is 6.61 Å². The van der Waals surface area contributed by atoms with Gasteiger partial charge in [-0.15, -0.1) is 0 Å². The zero-order chi connectivity index (χ0) is 10.7. The highest BCUT2D eigenvalue weighted by atomic mass is 16.3. The Labute approximate surface area is 88.3 Å². The van der Waals surface area contributed by atoms with Crippen LogP contribution in [-0.4, -0.2) is 35.2 Å². The van der Waals surface area contributed by atoms with Crippen LogP contribution in [0.4, 0.5) is 0 Å². The van der Waals surface area contributed by atoms with Crippen molar-refractivity contribution in [3.8, 4) is 0 Å². The zero-order valence-electron chi connectivity index (χ0n) is 10.0. The first-order chi connectivity index (χ1) is 6.56. The van der Waals surface area contributed by atoms with Gasteiger partial charge in [-0.05, 0) is 45.1 Å². The highest BCUT2D eigenvalue weighted by Crippen LogP contribution is 2.29. The van der Waals surface area contributed by atoms with Crippen molar-refractivity contribution in [2.45, 2.75) is 52.6 Å². The first-order valence-corrected chi connectivity index (χ1v) is 5.92. The Balaban J connectivity index is 2.54. The molecular weight excluding hydrogens is 174 g/mol. The Morgan fingerprint density at radius 3 is 2.36 bits per heavy atom. The average Bonchev–Trinajstić information content (AvgIpc) is 2.16. The fourth-order valence-electron chi connectivity index (χ4n) is 2.56. The van der Waals surface area contributed by atoms with Crippen LogP contribution in [0.5, 0.6) is 0 Å². The van der Waals surface area contributed by atoms with Crippen molar-refractivity contribution in [1.29, 1.82) is 0 Å². The highest BCUT2D eigenvalue weighted by Gasteiger charge is 2.30. The predicted octanol–water partition coefficient (Wildman–Crippen LogP) is 2.12. The second-order valence-corrected chi connectivity index (χ2v) is 5.20. The van der Waals surface area contributed by atoms with Crippen molar-refractivity contribution in [2.75, 3.05) is 13.2 Å². The average molecular weight is 199 g/mol. The number of piperidine rings is 1. The molecule has 0 aromatic rings. The third kappa shape index (κ3) is 2.71. The summed E-state index contributed by atoms with van der Waals surface area (Å²) in [4.78, 5) is 2.44. The lowest BCUT2D eigenvalue weighted by Crippen LogP contribution is -2.48. The molecule has 0 saturated carbocycles. The third-order valence-electron chi connectivity index (χ3n) is 3.62. The Hall–Kier alpha value is -0.0800. The van der Waals surface area contributed by atoms with Crippen LogP contribution in [0.25, 0.3) is 0 Å². The standard InChI is InChI=1S/C12H25NO/c1-9(2)11-5-6-13(10(3)4)12(7-11)8-14/h9-12,14H,5-8H2,1-4H3/t11?,12-/m0/s1. The van der Waals surface area contributed by atoms with Crippen molar-refractivity contribution in [3.63, 3.8) is 0 Å². The molecule has 2 heteroatoms. The molecule has 0 radical (unpaired) electrons. The molecule has 0 aliphatic carbocycles. The maximum absolute atomic E-state index is 9.37. The van der Waals surface area contributed by atoms with Crippen LogP contribution >= 0.6 is 0 Å². The lowest BCUT2D eigenvalue weighted by atomic mass is 9.82. The Bertz CT molecular complexity index is 168. The summed E-state index contributed by atoms with van der Waals surface area (Å²) in [6.45, 7) is 10.5. The van der Waals surface area contributed by atoms with E-state index < -0.39 is 0 Å². The Morgan fingerprint density at radius 2 is 1.93 bits per heavy atom. The second-order valence-electron chi connectivity index (χ2n) is 5.20. The maximum Gasteiger partial charge on any atom is 0.0587 e. The molecule has 1 saturated heterocycles. The Morgan fingerprint density at radius 1 is 1.29 bits per heavy atom. The summed E-state index contributed by atoms with van der Waals surface area (Å²) in [7, 11) is 0. The summed E-state index contributed by atoms with van der Waals surface area (Å²) in [6.07, 6.45) is 2.47. The van der Waals surface area contributed by atoms with E-state index in [1.54, 1.807) is 0 Å². The van der Waals surface area contributed by atoms with E-state index in [0.29, 0.717) is 18.7 Å².